The molecule has 1 aliphatic heterocycles. The SMILES string of the molecule is O=C1OC2CCCCC2O/C1=C\c1ccccc1. The molecule has 1 aliphatic carbocycles. The second-order valence-corrected chi connectivity index (χ2v) is 4.80. The molecule has 1 saturated carbocycles. The van der Waals surface area contributed by atoms with Crippen molar-refractivity contribution in [1.82, 2.24) is 0 Å². The van der Waals surface area contributed by atoms with Crippen molar-refractivity contribution >= 4 is 12.0 Å². The predicted molar refractivity (Wildman–Crippen MR) is 67.6 cm³/mol. The Morgan fingerprint density at radius 1 is 1.00 bits per heavy atom. The number of hydrogen-bond donors (Lipinski definition) is 0. The van der Waals surface area contributed by atoms with Gasteiger partial charge in [-0.15, -0.1) is 0 Å². The Bertz CT molecular complexity index is 464. The molecule has 94 valence electrons. The zero-order valence-electron chi connectivity index (χ0n) is 10.2. The van der Waals surface area contributed by atoms with Crippen molar-refractivity contribution in [2.24, 2.45) is 0 Å². The first-order valence-corrected chi connectivity index (χ1v) is 6.47. The summed E-state index contributed by atoms with van der Waals surface area (Å²) in [6, 6.07) is 9.69. The lowest BCUT2D eigenvalue weighted by atomic mass is 9.94. The number of carbonyl (C=O) groups excluding carboxylic acids is 1. The number of ether oxygens (including phenoxy) is 2. The molecule has 3 heteroatoms. The first-order valence-electron chi connectivity index (χ1n) is 6.47. The molecule has 0 amide bonds. The van der Waals surface area contributed by atoms with E-state index in [1.54, 1.807) is 6.08 Å². The number of fused-ring (bicyclic) bond motifs is 1. The summed E-state index contributed by atoms with van der Waals surface area (Å²) in [6.45, 7) is 0. The van der Waals surface area contributed by atoms with Crippen LogP contribution in [0.15, 0.2) is 36.1 Å². The average Bonchev–Trinajstić information content (AvgIpc) is 2.41. The molecule has 0 spiro atoms. The van der Waals surface area contributed by atoms with Crippen molar-refractivity contribution in [3.63, 3.8) is 0 Å². The monoisotopic (exact) mass is 244 g/mol. The van der Waals surface area contributed by atoms with Crippen LogP contribution in [-0.2, 0) is 14.3 Å². The number of hydrogen-bond acceptors (Lipinski definition) is 3. The van der Waals surface area contributed by atoms with E-state index in [1.807, 2.05) is 30.3 Å². The fourth-order valence-corrected chi connectivity index (χ4v) is 2.53. The summed E-state index contributed by atoms with van der Waals surface area (Å²) in [7, 11) is 0. The molecule has 0 radical (unpaired) electrons. The molecular formula is C15H16O3. The lowest BCUT2D eigenvalue weighted by Crippen LogP contribution is -2.41. The first kappa shape index (κ1) is 11.3. The smallest absolute Gasteiger partial charge is 0.374 e. The van der Waals surface area contributed by atoms with Crippen molar-refractivity contribution in [3.05, 3.63) is 41.7 Å². The molecule has 3 rings (SSSR count). The van der Waals surface area contributed by atoms with Crippen LogP contribution >= 0.6 is 0 Å². The van der Waals surface area contributed by atoms with Crippen LogP contribution in [0.2, 0.25) is 0 Å². The lowest BCUT2D eigenvalue weighted by molar-refractivity contribution is -0.173. The number of rotatable bonds is 1. The normalized spacial score (nSPS) is 29.3. The average molecular weight is 244 g/mol. The van der Waals surface area contributed by atoms with E-state index < -0.39 is 0 Å². The summed E-state index contributed by atoms with van der Waals surface area (Å²) in [5.74, 6) is 0.00588. The Morgan fingerprint density at radius 3 is 2.39 bits per heavy atom. The third-order valence-corrected chi connectivity index (χ3v) is 3.48. The van der Waals surface area contributed by atoms with Crippen LogP contribution < -0.4 is 0 Å². The van der Waals surface area contributed by atoms with Gasteiger partial charge in [0, 0.05) is 0 Å². The Kier molecular flexibility index (Phi) is 3.05. The second kappa shape index (κ2) is 4.84. The molecule has 0 N–H and O–H groups in total. The van der Waals surface area contributed by atoms with E-state index in [1.165, 1.54) is 0 Å². The van der Waals surface area contributed by atoms with Crippen molar-refractivity contribution in [2.75, 3.05) is 0 Å². The van der Waals surface area contributed by atoms with E-state index in [4.69, 9.17) is 9.47 Å². The molecule has 2 unspecified atom stereocenters. The lowest BCUT2D eigenvalue weighted by Gasteiger charge is -2.35. The highest BCUT2D eigenvalue weighted by molar-refractivity contribution is 5.92. The molecule has 2 fully saturated rings. The summed E-state index contributed by atoms with van der Waals surface area (Å²) in [4.78, 5) is 11.8. The van der Waals surface area contributed by atoms with Gasteiger partial charge in [-0.25, -0.2) is 4.79 Å². The quantitative estimate of drug-likeness (QED) is 0.563. The Labute approximate surface area is 106 Å². The van der Waals surface area contributed by atoms with Gasteiger partial charge in [0.25, 0.3) is 0 Å². The maximum absolute atomic E-state index is 11.8. The molecule has 2 atom stereocenters. The van der Waals surface area contributed by atoms with Crippen LogP contribution in [0.4, 0.5) is 0 Å². The topological polar surface area (TPSA) is 35.5 Å². The Balaban J connectivity index is 1.80. The minimum Gasteiger partial charge on any atom is -0.479 e. The summed E-state index contributed by atoms with van der Waals surface area (Å²) < 4.78 is 11.2. The molecule has 18 heavy (non-hydrogen) atoms. The summed E-state index contributed by atoms with van der Waals surface area (Å²) in [6.07, 6.45) is 5.93. The van der Waals surface area contributed by atoms with Gasteiger partial charge in [-0.3, -0.25) is 0 Å². The van der Waals surface area contributed by atoms with Crippen LogP contribution in [-0.4, -0.2) is 18.2 Å². The van der Waals surface area contributed by atoms with Gasteiger partial charge in [0.15, 0.2) is 0 Å². The molecular weight excluding hydrogens is 228 g/mol. The highest BCUT2D eigenvalue weighted by Crippen LogP contribution is 2.30. The van der Waals surface area contributed by atoms with Gasteiger partial charge in [-0.1, -0.05) is 30.3 Å². The van der Waals surface area contributed by atoms with Gasteiger partial charge in [0.2, 0.25) is 5.76 Å². The van der Waals surface area contributed by atoms with Gasteiger partial charge < -0.3 is 9.47 Å². The fourth-order valence-electron chi connectivity index (χ4n) is 2.53. The van der Waals surface area contributed by atoms with Crippen molar-refractivity contribution in [2.45, 2.75) is 37.9 Å². The van der Waals surface area contributed by atoms with Crippen LogP contribution in [0.3, 0.4) is 0 Å². The third-order valence-electron chi connectivity index (χ3n) is 3.48. The van der Waals surface area contributed by atoms with Gasteiger partial charge in [0.05, 0.1) is 0 Å². The van der Waals surface area contributed by atoms with Gasteiger partial charge in [0.1, 0.15) is 12.2 Å². The molecule has 3 nitrogen and oxygen atoms in total. The number of carbonyl (C=O) groups is 1. The van der Waals surface area contributed by atoms with E-state index >= 15 is 0 Å². The molecule has 1 saturated heterocycles. The van der Waals surface area contributed by atoms with Crippen molar-refractivity contribution in [1.29, 1.82) is 0 Å². The maximum atomic E-state index is 11.8. The molecule has 0 aromatic heterocycles. The highest BCUT2D eigenvalue weighted by atomic mass is 16.6. The fraction of sp³-hybridized carbons (Fsp3) is 0.400. The Hall–Kier alpha value is -1.77. The van der Waals surface area contributed by atoms with Gasteiger partial charge in [-0.2, -0.15) is 0 Å². The van der Waals surface area contributed by atoms with Gasteiger partial charge >= 0.3 is 5.97 Å². The number of benzene rings is 1. The molecule has 1 heterocycles. The zero-order chi connectivity index (χ0) is 12.4. The number of esters is 1. The molecule has 0 bridgehead atoms. The van der Waals surface area contributed by atoms with Gasteiger partial charge in [-0.05, 0) is 37.3 Å². The van der Waals surface area contributed by atoms with Crippen LogP contribution in [0.25, 0.3) is 6.08 Å². The van der Waals surface area contributed by atoms with Crippen LogP contribution in [0.5, 0.6) is 0 Å². The van der Waals surface area contributed by atoms with E-state index in [-0.39, 0.29) is 18.2 Å². The van der Waals surface area contributed by atoms with Crippen molar-refractivity contribution in [3.8, 4) is 0 Å². The highest BCUT2D eigenvalue weighted by Gasteiger charge is 2.37. The third kappa shape index (κ3) is 2.26. The second-order valence-electron chi connectivity index (χ2n) is 4.80. The molecule has 2 aliphatic rings. The van der Waals surface area contributed by atoms with E-state index in [0.29, 0.717) is 5.76 Å². The first-order chi connectivity index (χ1) is 8.83. The summed E-state index contributed by atoms with van der Waals surface area (Å²) in [5.41, 5.74) is 0.957. The molecule has 1 aromatic carbocycles. The van der Waals surface area contributed by atoms with Crippen molar-refractivity contribution < 1.29 is 14.3 Å². The van der Waals surface area contributed by atoms with E-state index in [2.05, 4.69) is 0 Å². The molecule has 1 aromatic rings. The van der Waals surface area contributed by atoms with E-state index in [0.717, 1.165) is 31.2 Å². The zero-order valence-corrected chi connectivity index (χ0v) is 10.2. The summed E-state index contributed by atoms with van der Waals surface area (Å²) >= 11 is 0. The minimum absolute atomic E-state index is 0.0424. The predicted octanol–water partition coefficient (Wildman–Crippen LogP) is 2.91. The van der Waals surface area contributed by atoms with Crippen LogP contribution in [0, 0.1) is 0 Å². The summed E-state index contributed by atoms with van der Waals surface area (Å²) in [5, 5.41) is 0. The van der Waals surface area contributed by atoms with Crippen LogP contribution in [0.1, 0.15) is 31.2 Å². The minimum atomic E-state index is -0.331. The largest absolute Gasteiger partial charge is 0.479 e. The van der Waals surface area contributed by atoms with E-state index in [9.17, 15) is 4.79 Å². The maximum Gasteiger partial charge on any atom is 0.374 e. The standard InChI is InChI=1S/C15H16O3/c16-15-14(10-11-6-2-1-3-7-11)17-12-8-4-5-9-13(12)18-15/h1-3,6-7,10,12-13H,4-5,8-9H2/b14-10-. The Morgan fingerprint density at radius 2 is 1.67 bits per heavy atom.